The number of piperidine rings is 1. The number of halogens is 3. The van der Waals surface area contributed by atoms with Crippen molar-refractivity contribution in [1.29, 1.82) is 0 Å². The minimum absolute atomic E-state index is 0.0987. The van der Waals surface area contributed by atoms with Crippen LogP contribution >= 0.6 is 0 Å². The van der Waals surface area contributed by atoms with E-state index in [-0.39, 0.29) is 38.1 Å². The molecule has 0 atom stereocenters. The van der Waals surface area contributed by atoms with Crippen LogP contribution in [0.15, 0.2) is 54.6 Å². The number of aromatic nitrogens is 1. The topological polar surface area (TPSA) is 173 Å². The fourth-order valence-corrected chi connectivity index (χ4v) is 5.70. The highest BCUT2D eigenvalue weighted by Crippen LogP contribution is 2.38. The van der Waals surface area contributed by atoms with Crippen molar-refractivity contribution in [3.63, 3.8) is 0 Å². The second-order valence-electron chi connectivity index (χ2n) is 11.1. The molecule has 0 spiro atoms. The summed E-state index contributed by atoms with van der Waals surface area (Å²) in [5, 5.41) is 7.58. The second kappa shape index (κ2) is 13.1. The molecule has 2 saturated heterocycles. The summed E-state index contributed by atoms with van der Waals surface area (Å²) in [7, 11) is 0. The SMILES string of the molecule is Cc1cc(COc2ccc(C(=O)NCC3(C4CCN(C(=O)OC(=O)C(F)(F)F)CC4)C(=O)NC(=O)NC3=O)cc2)c2ccccc2n1. The minimum Gasteiger partial charge on any atom is -0.489 e. The quantitative estimate of drug-likeness (QED) is 0.255. The molecule has 0 aliphatic carbocycles. The smallest absolute Gasteiger partial charge is 0.489 e. The van der Waals surface area contributed by atoms with E-state index >= 15 is 0 Å². The normalized spacial score (nSPS) is 16.7. The molecule has 3 aromatic rings. The lowest BCUT2D eigenvalue weighted by Crippen LogP contribution is -2.69. The zero-order valence-corrected chi connectivity index (χ0v) is 24.8. The number of carbonyl (C=O) groups excluding carboxylic acids is 6. The number of nitrogens with one attached hydrogen (secondary N) is 3. The summed E-state index contributed by atoms with van der Waals surface area (Å²) in [5.41, 5.74) is 0.793. The van der Waals surface area contributed by atoms with Crippen molar-refractivity contribution in [1.82, 2.24) is 25.8 Å². The van der Waals surface area contributed by atoms with Gasteiger partial charge in [0.05, 0.1) is 5.52 Å². The van der Waals surface area contributed by atoms with E-state index in [1.165, 1.54) is 12.1 Å². The van der Waals surface area contributed by atoms with Gasteiger partial charge >= 0.3 is 24.3 Å². The number of fused-ring (bicyclic) bond motifs is 1. The third-order valence-electron chi connectivity index (χ3n) is 8.09. The van der Waals surface area contributed by atoms with Crippen LogP contribution in [0.2, 0.25) is 0 Å². The molecular formula is C31H28F3N5O8. The molecule has 0 bridgehead atoms. The number of likely N-dealkylation sites (tertiary alicyclic amines) is 1. The number of pyridine rings is 1. The van der Waals surface area contributed by atoms with Crippen LogP contribution in [0.5, 0.6) is 5.75 Å². The maximum Gasteiger partial charge on any atom is 0.491 e. The number of para-hydroxylation sites is 1. The molecule has 2 aromatic carbocycles. The molecule has 16 heteroatoms. The number of carbonyl (C=O) groups is 6. The molecule has 2 aliphatic heterocycles. The Morgan fingerprint density at radius 1 is 1.00 bits per heavy atom. The van der Waals surface area contributed by atoms with E-state index in [1.54, 1.807) is 12.1 Å². The molecule has 5 rings (SSSR count). The lowest BCUT2D eigenvalue weighted by molar-refractivity contribution is -0.193. The molecule has 47 heavy (non-hydrogen) atoms. The highest BCUT2D eigenvalue weighted by atomic mass is 19.4. The van der Waals surface area contributed by atoms with Crippen LogP contribution < -0.4 is 20.7 Å². The number of benzene rings is 2. The Bertz CT molecular complexity index is 1730. The number of alkyl halides is 3. The predicted octanol–water partition coefficient (Wildman–Crippen LogP) is 3.14. The van der Waals surface area contributed by atoms with Crippen LogP contribution in [0.25, 0.3) is 10.9 Å². The first-order chi connectivity index (χ1) is 22.3. The molecule has 3 N–H and O–H groups in total. The fourth-order valence-electron chi connectivity index (χ4n) is 5.70. The number of imide groups is 2. The lowest BCUT2D eigenvalue weighted by Gasteiger charge is -2.43. The van der Waals surface area contributed by atoms with E-state index in [0.29, 0.717) is 5.75 Å². The molecule has 2 fully saturated rings. The largest absolute Gasteiger partial charge is 0.491 e. The van der Waals surface area contributed by atoms with Gasteiger partial charge in [-0.3, -0.25) is 30.0 Å². The average molecular weight is 656 g/mol. The molecule has 0 saturated carbocycles. The highest BCUT2D eigenvalue weighted by molar-refractivity contribution is 6.19. The van der Waals surface area contributed by atoms with Gasteiger partial charge < -0.3 is 19.7 Å². The number of urea groups is 1. The molecule has 6 amide bonds. The van der Waals surface area contributed by atoms with Crippen LogP contribution in [0.1, 0.15) is 34.5 Å². The number of ether oxygens (including phenoxy) is 2. The Labute approximate surface area is 264 Å². The first kappa shape index (κ1) is 32.8. The van der Waals surface area contributed by atoms with E-state index in [9.17, 15) is 41.9 Å². The van der Waals surface area contributed by atoms with E-state index in [4.69, 9.17) is 4.74 Å². The molecule has 0 unspecified atom stereocenters. The maximum absolute atomic E-state index is 13.2. The van der Waals surface area contributed by atoms with Crippen LogP contribution in [-0.2, 0) is 25.7 Å². The summed E-state index contributed by atoms with van der Waals surface area (Å²) < 4.78 is 47.3. The third-order valence-corrected chi connectivity index (χ3v) is 8.09. The Morgan fingerprint density at radius 3 is 2.28 bits per heavy atom. The zero-order valence-electron chi connectivity index (χ0n) is 24.8. The number of hydrogen-bond acceptors (Lipinski definition) is 9. The van der Waals surface area contributed by atoms with Crippen molar-refractivity contribution >= 4 is 46.7 Å². The number of nitrogens with zero attached hydrogens (tertiary/aromatic N) is 2. The van der Waals surface area contributed by atoms with Gasteiger partial charge in [-0.25, -0.2) is 14.4 Å². The van der Waals surface area contributed by atoms with Crippen LogP contribution in [0.3, 0.4) is 0 Å². The molecule has 13 nitrogen and oxygen atoms in total. The van der Waals surface area contributed by atoms with Crippen molar-refractivity contribution in [2.45, 2.75) is 32.5 Å². The van der Waals surface area contributed by atoms with Gasteiger partial charge in [0, 0.05) is 41.8 Å². The number of hydrogen-bond donors (Lipinski definition) is 3. The Hall–Kier alpha value is -5.54. The third kappa shape index (κ3) is 7.00. The number of aryl methyl sites for hydroxylation is 1. The van der Waals surface area contributed by atoms with E-state index in [1.807, 2.05) is 47.9 Å². The van der Waals surface area contributed by atoms with Crippen molar-refractivity contribution in [3.05, 3.63) is 71.4 Å². The summed E-state index contributed by atoms with van der Waals surface area (Å²) in [6, 6.07) is 14.7. The van der Waals surface area contributed by atoms with Crippen molar-refractivity contribution in [2.75, 3.05) is 19.6 Å². The van der Waals surface area contributed by atoms with E-state index in [0.717, 1.165) is 27.1 Å². The van der Waals surface area contributed by atoms with Crippen molar-refractivity contribution in [3.8, 4) is 5.75 Å². The Balaban J connectivity index is 1.23. The standard InChI is InChI=1S/C31H28F3N5O8/c1-17-14-19(22-4-2-3-5-23(22)36-17)15-46-21-8-6-18(7-9-21)24(40)35-16-30(25(41)37-28(44)38-26(30)42)20-10-12-39(13-11-20)29(45)47-27(43)31(32,33)34/h2-9,14,20H,10-13,15-16H2,1H3,(H,35,40)(H2,37,38,41,42,44). The monoisotopic (exact) mass is 655 g/mol. The van der Waals surface area contributed by atoms with Crippen molar-refractivity contribution in [2.24, 2.45) is 11.3 Å². The van der Waals surface area contributed by atoms with E-state index in [2.05, 4.69) is 15.0 Å². The summed E-state index contributed by atoms with van der Waals surface area (Å²) in [6.07, 6.45) is -7.10. The predicted molar refractivity (Wildman–Crippen MR) is 156 cm³/mol. The highest BCUT2D eigenvalue weighted by Gasteiger charge is 2.56. The summed E-state index contributed by atoms with van der Waals surface area (Å²) in [4.78, 5) is 79.7. The molecule has 0 radical (unpaired) electrons. The Morgan fingerprint density at radius 2 is 1.64 bits per heavy atom. The number of esters is 1. The van der Waals surface area contributed by atoms with Gasteiger partial charge in [0.25, 0.3) is 5.91 Å². The Kier molecular flexibility index (Phi) is 9.12. The van der Waals surface area contributed by atoms with Gasteiger partial charge in [0.2, 0.25) is 11.8 Å². The van der Waals surface area contributed by atoms with Gasteiger partial charge in [0.15, 0.2) is 0 Å². The first-order valence-corrected chi connectivity index (χ1v) is 14.4. The summed E-state index contributed by atoms with van der Waals surface area (Å²) in [6.45, 7) is 1.06. The maximum atomic E-state index is 13.2. The molecule has 3 heterocycles. The minimum atomic E-state index is -5.37. The van der Waals surface area contributed by atoms with Gasteiger partial charge in [0.1, 0.15) is 17.8 Å². The van der Waals surface area contributed by atoms with Crippen LogP contribution in [-0.4, -0.2) is 71.5 Å². The van der Waals surface area contributed by atoms with Crippen molar-refractivity contribution < 1.29 is 51.4 Å². The molecule has 2 aliphatic rings. The van der Waals surface area contributed by atoms with Crippen LogP contribution in [0, 0.1) is 18.3 Å². The number of barbiturate groups is 1. The summed E-state index contributed by atoms with van der Waals surface area (Å²) >= 11 is 0. The number of amides is 6. The molecule has 1 aromatic heterocycles. The second-order valence-corrected chi connectivity index (χ2v) is 11.1. The number of rotatable bonds is 7. The van der Waals surface area contributed by atoms with Gasteiger partial charge in [-0.2, -0.15) is 13.2 Å². The lowest BCUT2D eigenvalue weighted by atomic mass is 9.68. The fraction of sp³-hybridized carbons (Fsp3) is 0.323. The first-order valence-electron chi connectivity index (χ1n) is 14.4. The zero-order chi connectivity index (χ0) is 33.9. The average Bonchev–Trinajstić information content (AvgIpc) is 3.03. The van der Waals surface area contributed by atoms with Gasteiger partial charge in [-0.05, 0) is 62.1 Å². The molecular weight excluding hydrogens is 627 g/mol. The van der Waals surface area contributed by atoms with Gasteiger partial charge in [-0.1, -0.05) is 18.2 Å². The summed E-state index contributed by atoms with van der Waals surface area (Å²) in [5.74, 6) is -5.67. The van der Waals surface area contributed by atoms with Crippen LogP contribution in [0.4, 0.5) is 22.8 Å². The van der Waals surface area contributed by atoms with E-state index < -0.39 is 59.9 Å². The van der Waals surface area contributed by atoms with Gasteiger partial charge in [-0.15, -0.1) is 0 Å². The molecule has 246 valence electrons.